The van der Waals surface area contributed by atoms with Crippen molar-refractivity contribution in [2.45, 2.75) is 33.4 Å². The molecule has 140 valence electrons. The number of aryl methyl sites for hydroxylation is 2. The minimum atomic E-state index is -0.747. The van der Waals surface area contributed by atoms with Crippen LogP contribution in [0.1, 0.15) is 29.7 Å². The molecule has 1 N–H and O–H groups in total. The molecule has 0 aliphatic carbocycles. The summed E-state index contributed by atoms with van der Waals surface area (Å²) in [6.45, 7) is 5.65. The Hall–Kier alpha value is -3.22. The molecule has 3 aromatic rings. The highest BCUT2D eigenvalue weighted by molar-refractivity contribution is 5.76. The SMILES string of the molecule is Cc1ccc([C@@H](C)NC(=O)Cn2nc(-c3ccc(F)cc3)oc2=O)cc1C. The minimum Gasteiger partial charge on any atom is -0.388 e. The number of amides is 1. The number of carbonyl (C=O) groups excluding carboxylic acids is 1. The summed E-state index contributed by atoms with van der Waals surface area (Å²) in [6.07, 6.45) is 0. The predicted octanol–water partition coefficient (Wildman–Crippen LogP) is 3.14. The second-order valence-electron chi connectivity index (χ2n) is 6.47. The second kappa shape index (κ2) is 7.57. The predicted molar refractivity (Wildman–Crippen MR) is 98.6 cm³/mol. The van der Waals surface area contributed by atoms with Crippen LogP contribution in [0, 0.1) is 19.7 Å². The quantitative estimate of drug-likeness (QED) is 0.750. The molecule has 0 aliphatic heterocycles. The molecule has 6 nitrogen and oxygen atoms in total. The van der Waals surface area contributed by atoms with Crippen LogP contribution >= 0.6 is 0 Å². The summed E-state index contributed by atoms with van der Waals surface area (Å²) in [6, 6.07) is 11.2. The summed E-state index contributed by atoms with van der Waals surface area (Å²) < 4.78 is 19.0. The van der Waals surface area contributed by atoms with Crippen molar-refractivity contribution in [1.29, 1.82) is 0 Å². The molecule has 0 saturated carbocycles. The monoisotopic (exact) mass is 369 g/mol. The van der Waals surface area contributed by atoms with E-state index in [4.69, 9.17) is 4.42 Å². The summed E-state index contributed by atoms with van der Waals surface area (Å²) in [7, 11) is 0. The van der Waals surface area contributed by atoms with E-state index in [1.54, 1.807) is 0 Å². The van der Waals surface area contributed by atoms with Crippen LogP contribution in [0.25, 0.3) is 11.5 Å². The molecule has 0 radical (unpaired) electrons. The Morgan fingerprint density at radius 1 is 1.19 bits per heavy atom. The molecule has 1 heterocycles. The first-order chi connectivity index (χ1) is 12.8. The number of benzene rings is 2. The van der Waals surface area contributed by atoms with Crippen molar-refractivity contribution in [3.8, 4) is 11.5 Å². The lowest BCUT2D eigenvalue weighted by atomic mass is 10.0. The van der Waals surface area contributed by atoms with E-state index >= 15 is 0 Å². The molecule has 3 rings (SSSR count). The fraction of sp³-hybridized carbons (Fsp3) is 0.250. The fourth-order valence-corrected chi connectivity index (χ4v) is 2.66. The minimum absolute atomic E-state index is 0.0370. The van der Waals surface area contributed by atoms with Crippen molar-refractivity contribution in [2.75, 3.05) is 0 Å². The molecule has 0 aliphatic rings. The van der Waals surface area contributed by atoms with Crippen molar-refractivity contribution in [3.63, 3.8) is 0 Å². The highest BCUT2D eigenvalue weighted by atomic mass is 19.1. The van der Waals surface area contributed by atoms with Gasteiger partial charge < -0.3 is 9.73 Å². The van der Waals surface area contributed by atoms with Gasteiger partial charge in [-0.3, -0.25) is 4.79 Å². The first kappa shape index (κ1) is 18.6. The molecule has 0 saturated heterocycles. The highest BCUT2D eigenvalue weighted by Crippen LogP contribution is 2.17. The molecule has 1 amide bonds. The largest absolute Gasteiger partial charge is 0.437 e. The molecule has 1 atom stereocenters. The van der Waals surface area contributed by atoms with Gasteiger partial charge in [-0.15, -0.1) is 5.10 Å². The molecule has 0 fully saturated rings. The first-order valence-electron chi connectivity index (χ1n) is 8.54. The maximum Gasteiger partial charge on any atom is 0.437 e. The third-order valence-corrected chi connectivity index (χ3v) is 4.40. The summed E-state index contributed by atoms with van der Waals surface area (Å²) >= 11 is 0. The number of nitrogens with one attached hydrogen (secondary N) is 1. The Morgan fingerprint density at radius 2 is 1.89 bits per heavy atom. The maximum atomic E-state index is 13.0. The Labute approximate surface area is 155 Å². The molecular formula is C20H20FN3O3. The van der Waals surface area contributed by atoms with Gasteiger partial charge in [0.15, 0.2) is 0 Å². The lowest BCUT2D eigenvalue weighted by Crippen LogP contribution is -2.33. The lowest BCUT2D eigenvalue weighted by molar-refractivity contribution is -0.122. The van der Waals surface area contributed by atoms with E-state index in [0.29, 0.717) is 5.56 Å². The number of carbonyl (C=O) groups is 1. The van der Waals surface area contributed by atoms with Crippen molar-refractivity contribution < 1.29 is 13.6 Å². The van der Waals surface area contributed by atoms with Crippen molar-refractivity contribution in [2.24, 2.45) is 0 Å². The van der Waals surface area contributed by atoms with Gasteiger partial charge in [-0.25, -0.2) is 9.18 Å². The molecule has 0 spiro atoms. The number of hydrogen-bond donors (Lipinski definition) is 1. The van der Waals surface area contributed by atoms with Crippen LogP contribution in [0.4, 0.5) is 4.39 Å². The average Bonchev–Trinajstić information content (AvgIpc) is 2.98. The van der Waals surface area contributed by atoms with Gasteiger partial charge in [0, 0.05) is 5.56 Å². The van der Waals surface area contributed by atoms with E-state index in [1.807, 2.05) is 39.0 Å². The Morgan fingerprint density at radius 3 is 2.56 bits per heavy atom. The van der Waals surface area contributed by atoms with E-state index in [-0.39, 0.29) is 24.4 Å². The Balaban J connectivity index is 1.69. The fourth-order valence-electron chi connectivity index (χ4n) is 2.66. The van der Waals surface area contributed by atoms with Gasteiger partial charge in [0.2, 0.25) is 11.8 Å². The van der Waals surface area contributed by atoms with Crippen molar-refractivity contribution in [3.05, 3.63) is 75.5 Å². The van der Waals surface area contributed by atoms with Gasteiger partial charge in [-0.1, -0.05) is 18.2 Å². The third-order valence-electron chi connectivity index (χ3n) is 4.40. The molecule has 7 heteroatoms. The number of rotatable bonds is 5. The van der Waals surface area contributed by atoms with Gasteiger partial charge >= 0.3 is 5.76 Å². The smallest absolute Gasteiger partial charge is 0.388 e. The molecule has 0 bridgehead atoms. The highest BCUT2D eigenvalue weighted by Gasteiger charge is 2.15. The van der Waals surface area contributed by atoms with E-state index < -0.39 is 11.6 Å². The number of nitrogens with zero attached hydrogens (tertiary/aromatic N) is 2. The van der Waals surface area contributed by atoms with Crippen LogP contribution in [0.3, 0.4) is 0 Å². The Bertz CT molecular complexity index is 1020. The molecule has 0 unspecified atom stereocenters. The zero-order chi connectivity index (χ0) is 19.6. The van der Waals surface area contributed by atoms with Gasteiger partial charge in [0.05, 0.1) is 6.04 Å². The first-order valence-corrected chi connectivity index (χ1v) is 8.54. The van der Waals surface area contributed by atoms with Crippen molar-refractivity contribution >= 4 is 5.91 Å². The summed E-state index contributed by atoms with van der Waals surface area (Å²) in [4.78, 5) is 24.2. The zero-order valence-corrected chi connectivity index (χ0v) is 15.3. The Kier molecular flexibility index (Phi) is 5.21. The normalized spacial score (nSPS) is 12.0. The van der Waals surface area contributed by atoms with Crippen LogP contribution in [0.2, 0.25) is 0 Å². The summed E-state index contributed by atoms with van der Waals surface area (Å²) in [5.41, 5.74) is 3.76. The summed E-state index contributed by atoms with van der Waals surface area (Å²) in [5, 5.41) is 6.85. The van der Waals surface area contributed by atoms with E-state index in [2.05, 4.69) is 10.4 Å². The zero-order valence-electron chi connectivity index (χ0n) is 15.3. The number of aromatic nitrogens is 2. The average molecular weight is 369 g/mol. The maximum absolute atomic E-state index is 13.0. The number of halogens is 1. The van der Waals surface area contributed by atoms with Gasteiger partial charge in [0.25, 0.3) is 0 Å². The number of hydrogen-bond acceptors (Lipinski definition) is 4. The topological polar surface area (TPSA) is 77.1 Å². The van der Waals surface area contributed by atoms with Gasteiger partial charge in [-0.2, -0.15) is 4.68 Å². The van der Waals surface area contributed by atoms with Crippen LogP contribution in [-0.4, -0.2) is 15.7 Å². The lowest BCUT2D eigenvalue weighted by Gasteiger charge is -2.15. The van der Waals surface area contributed by atoms with Gasteiger partial charge in [-0.05, 0) is 61.7 Å². The van der Waals surface area contributed by atoms with Crippen LogP contribution in [-0.2, 0) is 11.3 Å². The molecular weight excluding hydrogens is 349 g/mol. The second-order valence-corrected chi connectivity index (χ2v) is 6.47. The van der Waals surface area contributed by atoms with E-state index in [1.165, 1.54) is 29.8 Å². The van der Waals surface area contributed by atoms with Crippen LogP contribution in [0.15, 0.2) is 51.7 Å². The van der Waals surface area contributed by atoms with Crippen LogP contribution < -0.4 is 11.1 Å². The van der Waals surface area contributed by atoms with Crippen molar-refractivity contribution in [1.82, 2.24) is 15.1 Å². The third kappa shape index (κ3) is 4.31. The van der Waals surface area contributed by atoms with Gasteiger partial charge in [0.1, 0.15) is 12.4 Å². The van der Waals surface area contributed by atoms with Crippen LogP contribution in [0.5, 0.6) is 0 Å². The molecule has 1 aromatic heterocycles. The van der Waals surface area contributed by atoms with E-state index in [9.17, 15) is 14.0 Å². The van der Waals surface area contributed by atoms with E-state index in [0.717, 1.165) is 15.8 Å². The summed E-state index contributed by atoms with van der Waals surface area (Å²) in [5.74, 6) is -1.47. The standard InChI is InChI=1S/C20H20FN3O3/c1-12-4-5-16(10-13(12)2)14(3)22-18(25)11-24-20(26)27-19(23-24)15-6-8-17(21)9-7-15/h4-10,14H,11H2,1-3H3,(H,22,25)/t14-/m1/s1. The molecule has 27 heavy (non-hydrogen) atoms. The molecule has 2 aromatic carbocycles.